The summed E-state index contributed by atoms with van der Waals surface area (Å²) < 4.78 is 0. The molecule has 2 aromatic rings. The number of amides is 4. The van der Waals surface area contributed by atoms with Crippen molar-refractivity contribution in [2.45, 2.75) is 141 Å². The Morgan fingerprint density at radius 2 is 0.788 bits per heavy atom. The van der Waals surface area contributed by atoms with Crippen LogP contribution in [0.4, 0.5) is 32.3 Å². The molecule has 52 heavy (non-hydrogen) atoms. The van der Waals surface area contributed by atoms with Crippen LogP contribution in [-0.4, -0.2) is 73.2 Å². The summed E-state index contributed by atoms with van der Waals surface area (Å²) >= 11 is 0. The van der Waals surface area contributed by atoms with E-state index in [0.717, 1.165) is 102 Å². The Hall–Kier alpha value is -3.42. The fourth-order valence-corrected chi connectivity index (χ4v) is 9.94. The first-order valence-electron chi connectivity index (χ1n) is 21.4. The number of urea groups is 2. The molecule has 8 nitrogen and oxygen atoms in total. The van der Waals surface area contributed by atoms with Crippen molar-refractivity contribution in [3.8, 4) is 0 Å². The lowest BCUT2D eigenvalue weighted by Gasteiger charge is -2.40. The highest BCUT2D eigenvalue weighted by Gasteiger charge is 2.33. The molecule has 2 N–H and O–H groups in total. The largest absolute Gasteiger partial charge is 0.372 e. The second-order valence-electron chi connectivity index (χ2n) is 16.8. The molecule has 2 aliphatic heterocycles. The van der Waals surface area contributed by atoms with Gasteiger partial charge in [-0.25, -0.2) is 9.59 Å². The van der Waals surface area contributed by atoms with Gasteiger partial charge in [-0.05, 0) is 150 Å². The highest BCUT2D eigenvalue weighted by Crippen LogP contribution is 2.34. The maximum Gasteiger partial charge on any atom is 0.322 e. The lowest BCUT2D eigenvalue weighted by atomic mass is 9.80. The zero-order valence-corrected chi connectivity index (χ0v) is 31.9. The molecule has 284 valence electrons. The molecule has 0 unspecified atom stereocenters. The van der Waals surface area contributed by atoms with Crippen molar-refractivity contribution in [3.05, 3.63) is 48.5 Å². The molecule has 2 aromatic carbocycles. The van der Waals surface area contributed by atoms with Crippen LogP contribution < -0.4 is 20.4 Å². The topological polar surface area (TPSA) is 71.2 Å². The van der Waals surface area contributed by atoms with Gasteiger partial charge in [0, 0.05) is 74.1 Å². The number of carbonyl (C=O) groups is 2. The Kier molecular flexibility index (Phi) is 13.2. The summed E-state index contributed by atoms with van der Waals surface area (Å²) in [4.78, 5) is 37.2. The number of nitrogens with one attached hydrogen (secondary N) is 2. The maximum atomic E-state index is 13.9. The van der Waals surface area contributed by atoms with Crippen LogP contribution in [0.2, 0.25) is 0 Å². The van der Waals surface area contributed by atoms with Crippen LogP contribution in [0.15, 0.2) is 48.5 Å². The smallest absolute Gasteiger partial charge is 0.322 e. The molecule has 0 spiro atoms. The summed E-state index contributed by atoms with van der Waals surface area (Å²) in [5.74, 6) is 1.03. The molecule has 4 amide bonds. The van der Waals surface area contributed by atoms with E-state index in [2.05, 4.69) is 78.8 Å². The fourth-order valence-electron chi connectivity index (χ4n) is 9.94. The summed E-state index contributed by atoms with van der Waals surface area (Å²) in [5.41, 5.74) is 4.32. The lowest BCUT2D eigenvalue weighted by Crippen LogP contribution is -2.48. The van der Waals surface area contributed by atoms with Crippen LogP contribution in [0.1, 0.15) is 128 Å². The molecule has 0 aromatic heterocycles. The van der Waals surface area contributed by atoms with Gasteiger partial charge in [0.1, 0.15) is 0 Å². The van der Waals surface area contributed by atoms with Crippen LogP contribution in [0.25, 0.3) is 0 Å². The minimum atomic E-state index is 0.0730. The number of nitrogens with zero attached hydrogens (tertiary/aromatic N) is 4. The van der Waals surface area contributed by atoms with Gasteiger partial charge in [-0.3, -0.25) is 0 Å². The Morgan fingerprint density at radius 1 is 0.462 bits per heavy atom. The Balaban J connectivity index is 0.938. The quantitative estimate of drug-likeness (QED) is 0.258. The van der Waals surface area contributed by atoms with Gasteiger partial charge in [0.2, 0.25) is 0 Å². The molecule has 7 rings (SSSR count). The normalized spacial score (nSPS) is 23.5. The standard InChI is InChI=1S/C44H66N6O2/c51-43(45-37-21-25-39(26-22-37)47-29-9-3-10-30-47)49(41-13-5-1-6-14-41)33-35-17-19-36(20-18-35)34-50(42-15-7-2-8-16-42)44(52)46-38-23-27-40(28-24-38)48-31-11-4-12-32-48/h21-28,35-36,41-42H,1-20,29-34H2,(H,45,51)(H,46,52). The molecule has 8 heteroatoms. The number of hydrogen-bond acceptors (Lipinski definition) is 4. The zero-order valence-electron chi connectivity index (χ0n) is 31.9. The van der Waals surface area contributed by atoms with Crippen molar-refractivity contribution in [3.63, 3.8) is 0 Å². The van der Waals surface area contributed by atoms with Crippen molar-refractivity contribution >= 4 is 34.8 Å². The monoisotopic (exact) mass is 711 g/mol. The summed E-state index contributed by atoms with van der Waals surface area (Å²) in [6, 6.07) is 17.9. The minimum absolute atomic E-state index is 0.0730. The highest BCUT2D eigenvalue weighted by atomic mass is 16.2. The van der Waals surface area contributed by atoms with Gasteiger partial charge in [0.05, 0.1) is 0 Å². The van der Waals surface area contributed by atoms with Gasteiger partial charge in [-0.1, -0.05) is 38.5 Å². The van der Waals surface area contributed by atoms with E-state index >= 15 is 0 Å². The first-order valence-corrected chi connectivity index (χ1v) is 21.4. The van der Waals surface area contributed by atoms with Gasteiger partial charge >= 0.3 is 12.1 Å². The molecule has 5 fully saturated rings. The second-order valence-corrected chi connectivity index (χ2v) is 16.8. The van der Waals surface area contributed by atoms with Crippen LogP contribution in [0.5, 0.6) is 0 Å². The number of benzene rings is 2. The third-order valence-corrected chi connectivity index (χ3v) is 13.1. The fraction of sp³-hybridized carbons (Fsp3) is 0.682. The van der Waals surface area contributed by atoms with Crippen molar-refractivity contribution < 1.29 is 9.59 Å². The van der Waals surface area contributed by atoms with Crippen molar-refractivity contribution in [1.82, 2.24) is 9.80 Å². The van der Waals surface area contributed by atoms with Crippen molar-refractivity contribution in [1.29, 1.82) is 0 Å². The molecule has 2 saturated heterocycles. The molecular weight excluding hydrogens is 645 g/mol. The van der Waals surface area contributed by atoms with E-state index in [1.54, 1.807) is 0 Å². The van der Waals surface area contributed by atoms with E-state index in [4.69, 9.17) is 0 Å². The Morgan fingerprint density at radius 3 is 1.13 bits per heavy atom. The molecule has 0 atom stereocenters. The summed E-state index contributed by atoms with van der Waals surface area (Å²) in [6.45, 7) is 6.20. The molecular formula is C44H66N6O2. The van der Waals surface area contributed by atoms with E-state index < -0.39 is 0 Å². The van der Waals surface area contributed by atoms with Crippen LogP contribution in [0, 0.1) is 11.8 Å². The van der Waals surface area contributed by atoms with Crippen LogP contribution in [0.3, 0.4) is 0 Å². The number of rotatable bonds is 10. The van der Waals surface area contributed by atoms with Gasteiger partial charge in [0.15, 0.2) is 0 Å². The molecule has 2 heterocycles. The first-order chi connectivity index (χ1) is 25.6. The maximum absolute atomic E-state index is 13.9. The predicted molar refractivity (Wildman–Crippen MR) is 216 cm³/mol. The van der Waals surface area contributed by atoms with Gasteiger partial charge < -0.3 is 30.2 Å². The number of piperidine rings is 2. The van der Waals surface area contributed by atoms with E-state index in [1.165, 1.54) is 88.4 Å². The van der Waals surface area contributed by atoms with Gasteiger partial charge in [0.25, 0.3) is 0 Å². The summed E-state index contributed by atoms with van der Waals surface area (Å²) in [7, 11) is 0. The van der Waals surface area contributed by atoms with E-state index in [0.29, 0.717) is 23.9 Å². The summed E-state index contributed by atoms with van der Waals surface area (Å²) in [6.07, 6.45) is 24.1. The van der Waals surface area contributed by atoms with Crippen LogP contribution in [-0.2, 0) is 0 Å². The third kappa shape index (κ3) is 9.96. The van der Waals surface area contributed by atoms with Crippen LogP contribution >= 0.6 is 0 Å². The Bertz CT molecular complexity index is 1280. The van der Waals surface area contributed by atoms with E-state index in [1.807, 2.05) is 0 Å². The Labute approximate surface area is 314 Å². The number of anilines is 4. The number of carbonyl (C=O) groups excluding carboxylic acids is 2. The average molecular weight is 711 g/mol. The SMILES string of the molecule is O=C(Nc1ccc(N2CCCCC2)cc1)N(CC1CCC(CN(C(=O)Nc2ccc(N3CCCCC3)cc2)C2CCCCC2)CC1)C1CCCCC1. The summed E-state index contributed by atoms with van der Waals surface area (Å²) in [5, 5.41) is 6.59. The molecule has 0 bridgehead atoms. The third-order valence-electron chi connectivity index (χ3n) is 13.1. The van der Waals surface area contributed by atoms with E-state index in [-0.39, 0.29) is 12.1 Å². The van der Waals surface area contributed by atoms with Crippen molar-refractivity contribution in [2.75, 3.05) is 59.7 Å². The molecule has 3 aliphatic carbocycles. The van der Waals surface area contributed by atoms with Gasteiger partial charge in [-0.15, -0.1) is 0 Å². The molecule has 0 radical (unpaired) electrons. The lowest BCUT2D eigenvalue weighted by molar-refractivity contribution is 0.117. The van der Waals surface area contributed by atoms with Crippen molar-refractivity contribution in [2.24, 2.45) is 11.8 Å². The molecule has 5 aliphatic rings. The second kappa shape index (κ2) is 18.6. The molecule has 3 saturated carbocycles. The predicted octanol–water partition coefficient (Wildman–Crippen LogP) is 10.5. The zero-order chi connectivity index (χ0) is 35.5. The van der Waals surface area contributed by atoms with E-state index in [9.17, 15) is 9.59 Å². The minimum Gasteiger partial charge on any atom is -0.372 e. The number of hydrogen-bond donors (Lipinski definition) is 2. The average Bonchev–Trinajstić information content (AvgIpc) is 3.21. The highest BCUT2D eigenvalue weighted by molar-refractivity contribution is 5.90. The first kappa shape index (κ1) is 36.9. The van der Waals surface area contributed by atoms with Gasteiger partial charge in [-0.2, -0.15) is 0 Å².